The number of rotatable bonds is 9. The minimum absolute atomic E-state index is 0.0554. The van der Waals surface area contributed by atoms with Crippen molar-refractivity contribution in [2.75, 3.05) is 13.2 Å². The minimum Gasteiger partial charge on any atom is -0.507 e. The number of esters is 1. The fourth-order valence-corrected chi connectivity index (χ4v) is 10.4. The van der Waals surface area contributed by atoms with Gasteiger partial charge in [0, 0.05) is 22.8 Å². The number of ether oxygens (including phenoxy) is 4. The Labute approximate surface area is 297 Å². The number of allylic oxidation sites excluding steroid dienone is 4. The zero-order valence-electron chi connectivity index (χ0n) is 30.4. The van der Waals surface area contributed by atoms with Crippen LogP contribution in [0.4, 0.5) is 4.39 Å². The molecule has 4 fully saturated rings. The molecule has 4 aliphatic carbocycles. The van der Waals surface area contributed by atoms with E-state index in [1.54, 1.807) is 26.8 Å². The fraction of sp³-hybridized carbons (Fsp3) is 0.625. The SMILES string of the molecule is CCC(C)CCOC(=O)c1cc(O)c2cc(OCC(=O)C34OC(C)(C)OC3CC3C5CC(C)C6=CC(=O)C=CC6(C)C5(F)C(O)CC34C)oc2c1. The summed E-state index contributed by atoms with van der Waals surface area (Å²) in [5.74, 6) is -3.37. The lowest BCUT2D eigenvalue weighted by atomic mass is 9.43. The van der Waals surface area contributed by atoms with E-state index < -0.39 is 70.3 Å². The Balaban J connectivity index is 1.15. The van der Waals surface area contributed by atoms with Crippen LogP contribution in [0.25, 0.3) is 11.0 Å². The number of ketones is 2. The van der Waals surface area contributed by atoms with E-state index in [0.717, 1.165) is 12.8 Å². The summed E-state index contributed by atoms with van der Waals surface area (Å²) >= 11 is 0. The lowest BCUT2D eigenvalue weighted by molar-refractivity contribution is -0.248. The molecule has 10 unspecified atom stereocenters. The van der Waals surface area contributed by atoms with Gasteiger partial charge in [0.15, 0.2) is 29.4 Å². The summed E-state index contributed by atoms with van der Waals surface area (Å²) in [5, 5.41) is 22.9. The van der Waals surface area contributed by atoms with Crippen molar-refractivity contribution < 1.29 is 52.4 Å². The van der Waals surface area contributed by atoms with Crippen molar-refractivity contribution in [3.05, 3.63) is 47.6 Å². The largest absolute Gasteiger partial charge is 0.507 e. The highest BCUT2D eigenvalue weighted by Crippen LogP contribution is 2.73. The third-order valence-electron chi connectivity index (χ3n) is 13.1. The summed E-state index contributed by atoms with van der Waals surface area (Å²) in [6.45, 7) is 13.0. The Bertz CT molecular complexity index is 1840. The van der Waals surface area contributed by atoms with E-state index in [9.17, 15) is 24.6 Å². The number of phenols is 1. The fourth-order valence-electron chi connectivity index (χ4n) is 10.4. The second kappa shape index (κ2) is 12.0. The average molecular weight is 709 g/mol. The van der Waals surface area contributed by atoms with Crippen molar-refractivity contribution in [3.8, 4) is 11.7 Å². The molecule has 2 N–H and O–H groups in total. The molecule has 3 saturated carbocycles. The number of benzene rings is 1. The quantitative estimate of drug-likeness (QED) is 0.267. The van der Waals surface area contributed by atoms with E-state index in [-0.39, 0.29) is 47.6 Å². The number of fused-ring (bicyclic) bond motifs is 8. The second-order valence-electron chi connectivity index (χ2n) is 16.5. The van der Waals surface area contributed by atoms with Crippen molar-refractivity contribution in [2.24, 2.45) is 34.5 Å². The molecule has 2 aromatic rings. The van der Waals surface area contributed by atoms with Gasteiger partial charge >= 0.3 is 5.97 Å². The molecular weight excluding hydrogens is 659 g/mol. The molecule has 0 spiro atoms. The van der Waals surface area contributed by atoms with E-state index in [4.69, 9.17) is 23.4 Å². The molecule has 7 rings (SSSR count). The maximum absolute atomic E-state index is 17.9. The summed E-state index contributed by atoms with van der Waals surface area (Å²) in [6.07, 6.45) is 4.69. The molecule has 10 atom stereocenters. The van der Waals surface area contributed by atoms with Gasteiger partial charge in [0.05, 0.1) is 29.8 Å². The van der Waals surface area contributed by atoms with Gasteiger partial charge in [-0.3, -0.25) is 9.59 Å². The Kier molecular flexibility index (Phi) is 8.43. The minimum atomic E-state index is -2.09. The van der Waals surface area contributed by atoms with Crippen molar-refractivity contribution in [1.29, 1.82) is 0 Å². The van der Waals surface area contributed by atoms with E-state index in [1.807, 2.05) is 13.8 Å². The molecule has 0 radical (unpaired) electrons. The molecule has 1 aromatic heterocycles. The van der Waals surface area contributed by atoms with E-state index in [1.165, 1.54) is 30.4 Å². The number of aliphatic hydroxyl groups excluding tert-OH is 1. The van der Waals surface area contributed by atoms with Crippen molar-refractivity contribution in [2.45, 2.75) is 110 Å². The third kappa shape index (κ3) is 5.16. The molecule has 11 heteroatoms. The van der Waals surface area contributed by atoms with Gasteiger partial charge in [0.25, 0.3) is 5.95 Å². The first-order chi connectivity index (χ1) is 23.9. The second-order valence-corrected chi connectivity index (χ2v) is 16.5. The number of carbonyl (C=O) groups is 3. The number of halogens is 1. The summed E-state index contributed by atoms with van der Waals surface area (Å²) in [5.41, 5.74) is -4.90. The van der Waals surface area contributed by atoms with Gasteiger partial charge in [-0.1, -0.05) is 45.8 Å². The number of furan rings is 1. The van der Waals surface area contributed by atoms with Crippen LogP contribution in [0.1, 0.15) is 90.9 Å². The van der Waals surface area contributed by atoms with Gasteiger partial charge < -0.3 is 33.6 Å². The molecule has 0 amide bonds. The first-order valence-electron chi connectivity index (χ1n) is 18.2. The van der Waals surface area contributed by atoms with Gasteiger partial charge in [0.1, 0.15) is 11.3 Å². The number of alkyl halides is 1. The number of carbonyl (C=O) groups excluding carboxylic acids is 3. The number of aliphatic hydroxyl groups is 1. The first kappa shape index (κ1) is 35.8. The highest BCUT2D eigenvalue weighted by molar-refractivity contribution is 6.01. The molecule has 1 aliphatic heterocycles. The highest BCUT2D eigenvalue weighted by Gasteiger charge is 2.80. The van der Waals surface area contributed by atoms with Gasteiger partial charge in [0.2, 0.25) is 5.78 Å². The molecule has 0 bridgehead atoms. The molecule has 276 valence electrons. The smallest absolute Gasteiger partial charge is 0.338 e. The molecule has 51 heavy (non-hydrogen) atoms. The Hall–Kier alpha value is -3.54. The van der Waals surface area contributed by atoms with Gasteiger partial charge in [-0.2, -0.15) is 0 Å². The van der Waals surface area contributed by atoms with E-state index in [2.05, 4.69) is 13.8 Å². The predicted molar refractivity (Wildman–Crippen MR) is 184 cm³/mol. The van der Waals surface area contributed by atoms with Gasteiger partial charge in [-0.05, 0) is 88.5 Å². The lowest BCUT2D eigenvalue weighted by Gasteiger charge is -2.63. The molecular formula is C40H49FO10. The van der Waals surface area contributed by atoms with Crippen LogP contribution < -0.4 is 4.74 Å². The zero-order chi connectivity index (χ0) is 36.9. The number of phenolic OH excluding ortho intramolecular Hbond substituents is 1. The Morgan fingerprint density at radius 2 is 1.86 bits per heavy atom. The van der Waals surface area contributed by atoms with Crippen LogP contribution in [-0.2, 0) is 23.8 Å². The maximum atomic E-state index is 17.9. The molecule has 5 aliphatic rings. The van der Waals surface area contributed by atoms with Crippen LogP contribution in [0.2, 0.25) is 0 Å². The molecule has 1 saturated heterocycles. The number of aromatic hydroxyl groups is 1. The first-order valence-corrected chi connectivity index (χ1v) is 18.2. The lowest BCUT2D eigenvalue weighted by Crippen LogP contribution is -2.70. The van der Waals surface area contributed by atoms with Crippen molar-refractivity contribution in [3.63, 3.8) is 0 Å². The molecule has 2 heterocycles. The highest BCUT2D eigenvalue weighted by atomic mass is 19.1. The number of hydrogen-bond donors (Lipinski definition) is 2. The van der Waals surface area contributed by atoms with Gasteiger partial charge in [-0.25, -0.2) is 9.18 Å². The summed E-state index contributed by atoms with van der Waals surface area (Å²) in [4.78, 5) is 39.6. The standard InChI is InChI=1S/C40H49FO10/c1-8-21(2)10-12-47-35(46)23-14-29(43)25-17-34(49-30(25)15-23)48-20-32(45)40-33(50-36(4,5)51-40)18-27-28-13-22(3)26-16-24(42)9-11-37(26,6)39(28,41)31(44)19-38(27,40)7/h9,11,14-17,21-22,27-28,31,33,43-44H,8,10,12-13,18-20H2,1-7H3. The van der Waals surface area contributed by atoms with Crippen LogP contribution in [0.3, 0.4) is 0 Å². The predicted octanol–water partition coefficient (Wildman–Crippen LogP) is 6.80. The third-order valence-corrected chi connectivity index (χ3v) is 13.1. The van der Waals surface area contributed by atoms with E-state index >= 15 is 4.39 Å². The van der Waals surface area contributed by atoms with Crippen molar-refractivity contribution in [1.82, 2.24) is 0 Å². The Morgan fingerprint density at radius 1 is 1.12 bits per heavy atom. The van der Waals surface area contributed by atoms with Crippen LogP contribution in [0.15, 0.2) is 46.4 Å². The van der Waals surface area contributed by atoms with Crippen LogP contribution in [-0.4, -0.2) is 70.2 Å². The zero-order valence-corrected chi connectivity index (χ0v) is 30.4. The monoisotopic (exact) mass is 708 g/mol. The molecule has 10 nitrogen and oxygen atoms in total. The number of hydrogen-bond acceptors (Lipinski definition) is 10. The van der Waals surface area contributed by atoms with E-state index in [0.29, 0.717) is 29.7 Å². The average Bonchev–Trinajstić information content (AvgIpc) is 3.69. The maximum Gasteiger partial charge on any atom is 0.338 e. The number of Topliss-reactive ketones (excluding diaryl/α,β-unsaturated/α-hetero) is 1. The summed E-state index contributed by atoms with van der Waals surface area (Å²) in [6, 6.07) is 4.21. The summed E-state index contributed by atoms with van der Waals surface area (Å²) in [7, 11) is 0. The van der Waals surface area contributed by atoms with Crippen molar-refractivity contribution >= 4 is 28.5 Å². The normalized spacial score (nSPS) is 38.3. The van der Waals surface area contributed by atoms with Gasteiger partial charge in [-0.15, -0.1) is 0 Å². The Morgan fingerprint density at radius 3 is 2.59 bits per heavy atom. The van der Waals surface area contributed by atoms with Crippen LogP contribution >= 0.6 is 0 Å². The topological polar surface area (TPSA) is 142 Å². The molecule has 1 aromatic carbocycles. The van der Waals surface area contributed by atoms with Crippen LogP contribution in [0.5, 0.6) is 11.7 Å². The van der Waals surface area contributed by atoms with Crippen LogP contribution in [0, 0.1) is 34.5 Å². The summed E-state index contributed by atoms with van der Waals surface area (Å²) < 4.78 is 48.0.